The Hall–Kier alpha value is -1.93. The molecule has 136 valence electrons. The van der Waals surface area contributed by atoms with Crippen LogP contribution in [0.3, 0.4) is 0 Å². The van der Waals surface area contributed by atoms with Crippen molar-refractivity contribution in [1.29, 1.82) is 0 Å². The molecule has 1 heterocycles. The van der Waals surface area contributed by atoms with Gasteiger partial charge in [0.25, 0.3) is 0 Å². The number of fused-ring (bicyclic) bond motifs is 1. The average Bonchev–Trinajstić information content (AvgIpc) is 2.59. The molecule has 0 aliphatic rings. The van der Waals surface area contributed by atoms with Crippen LogP contribution in [0.4, 0.5) is 0 Å². The maximum Gasteiger partial charge on any atom is 0.0705 e. The van der Waals surface area contributed by atoms with Gasteiger partial charge in [0, 0.05) is 22.6 Å². The smallest absolute Gasteiger partial charge is 0.0705 e. The number of rotatable bonds is 3. The van der Waals surface area contributed by atoms with Crippen molar-refractivity contribution in [3.63, 3.8) is 0 Å². The van der Waals surface area contributed by atoms with E-state index in [9.17, 15) is 0 Å². The van der Waals surface area contributed by atoms with Gasteiger partial charge in [0.15, 0.2) is 0 Å². The quantitative estimate of drug-likeness (QED) is 0.460. The molecule has 0 radical (unpaired) electrons. The van der Waals surface area contributed by atoms with Gasteiger partial charge in [-0.1, -0.05) is 64.7 Å². The number of hydrogen-bond donors (Lipinski definition) is 0. The van der Waals surface area contributed by atoms with Crippen molar-refractivity contribution < 1.29 is 2.74 Å². The van der Waals surface area contributed by atoms with Crippen molar-refractivity contribution in [2.24, 2.45) is 0 Å². The van der Waals surface area contributed by atoms with Crippen molar-refractivity contribution in [3.8, 4) is 11.3 Å². The topological polar surface area (TPSA) is 12.9 Å². The summed E-state index contributed by atoms with van der Waals surface area (Å²) in [7, 11) is -2.06. The third-order valence-electron chi connectivity index (χ3n) is 4.58. The summed E-state index contributed by atoms with van der Waals surface area (Å²) in [4.78, 5) is 4.68. The van der Waals surface area contributed by atoms with E-state index in [0.29, 0.717) is 0 Å². The number of hydrogen-bond acceptors (Lipinski definition) is 1. The SMILES string of the molecule is [2H]C([2H])(c1cc(-c2cc(C(C)(C)C)c3ccccc3c2)ncc1C)[Si](C)(C)C. The van der Waals surface area contributed by atoms with E-state index >= 15 is 0 Å². The van der Waals surface area contributed by atoms with Crippen molar-refractivity contribution >= 4 is 18.8 Å². The molecule has 1 nitrogen and oxygen atoms in total. The molecule has 0 aliphatic heterocycles. The summed E-state index contributed by atoms with van der Waals surface area (Å²) in [5, 5.41) is 2.46. The van der Waals surface area contributed by atoms with Crippen LogP contribution in [0, 0.1) is 6.92 Å². The summed E-state index contributed by atoms with van der Waals surface area (Å²) in [5.41, 5.74) is 4.90. The summed E-state index contributed by atoms with van der Waals surface area (Å²) in [6, 6.07) is 14.9. The number of aromatic nitrogens is 1. The first-order valence-electron chi connectivity index (χ1n) is 10.3. The van der Waals surface area contributed by atoms with Crippen LogP contribution in [0.15, 0.2) is 48.7 Å². The van der Waals surface area contributed by atoms with Gasteiger partial charge in [0.1, 0.15) is 0 Å². The Kier molecular flexibility index (Phi) is 4.16. The Labute approximate surface area is 162 Å². The maximum atomic E-state index is 8.79. The van der Waals surface area contributed by atoms with Gasteiger partial charge < -0.3 is 0 Å². The van der Waals surface area contributed by atoms with E-state index in [1.54, 1.807) is 0 Å². The lowest BCUT2D eigenvalue weighted by molar-refractivity contribution is 0.596. The summed E-state index contributed by atoms with van der Waals surface area (Å²) in [6.07, 6.45) is 1.83. The fraction of sp³-hybridized carbons (Fsp3) is 0.375. The second-order valence-corrected chi connectivity index (χ2v) is 14.0. The highest BCUT2D eigenvalue weighted by molar-refractivity contribution is 6.75. The molecule has 3 aromatic rings. The number of pyridine rings is 1. The molecule has 0 saturated carbocycles. The zero-order chi connectivity index (χ0) is 20.9. The van der Waals surface area contributed by atoms with E-state index in [1.807, 2.05) is 19.2 Å². The lowest BCUT2D eigenvalue weighted by Gasteiger charge is -2.23. The van der Waals surface area contributed by atoms with E-state index in [2.05, 4.69) is 81.8 Å². The Morgan fingerprint density at radius 3 is 2.38 bits per heavy atom. The number of benzene rings is 2. The number of nitrogens with zero attached hydrogens (tertiary/aromatic N) is 1. The van der Waals surface area contributed by atoms with Crippen LogP contribution >= 0.6 is 0 Å². The van der Waals surface area contributed by atoms with Crippen LogP contribution in [0.25, 0.3) is 22.0 Å². The number of aryl methyl sites for hydroxylation is 1. The van der Waals surface area contributed by atoms with Gasteiger partial charge in [0.2, 0.25) is 0 Å². The predicted molar refractivity (Wildman–Crippen MR) is 118 cm³/mol. The van der Waals surface area contributed by atoms with Crippen LogP contribution in [0.1, 0.15) is 40.2 Å². The first kappa shape index (κ1) is 16.3. The van der Waals surface area contributed by atoms with Crippen molar-refractivity contribution in [2.45, 2.75) is 58.7 Å². The van der Waals surface area contributed by atoms with Gasteiger partial charge in [-0.25, -0.2) is 0 Å². The Morgan fingerprint density at radius 2 is 1.73 bits per heavy atom. The molecule has 2 heteroatoms. The molecule has 0 saturated heterocycles. The fourth-order valence-corrected chi connectivity index (χ4v) is 4.38. The van der Waals surface area contributed by atoms with Crippen LogP contribution in [0.2, 0.25) is 19.6 Å². The molecule has 0 spiro atoms. The first-order valence-corrected chi connectivity index (χ1v) is 12.8. The molecular weight excluding hydrogens is 330 g/mol. The van der Waals surface area contributed by atoms with Crippen molar-refractivity contribution in [2.75, 3.05) is 0 Å². The Morgan fingerprint density at radius 1 is 1.04 bits per heavy atom. The third-order valence-corrected chi connectivity index (χ3v) is 5.60. The minimum Gasteiger partial charge on any atom is -0.256 e. The zero-order valence-corrected chi connectivity index (χ0v) is 18.1. The third kappa shape index (κ3) is 4.07. The Balaban J connectivity index is 2.26. The molecule has 1 aromatic heterocycles. The summed E-state index contributed by atoms with van der Waals surface area (Å²) < 4.78 is 17.6. The van der Waals surface area contributed by atoms with E-state index in [1.165, 1.54) is 16.3 Å². The van der Waals surface area contributed by atoms with Gasteiger partial charge in [-0.05, 0) is 64.0 Å². The molecule has 0 aliphatic carbocycles. The molecule has 0 amide bonds. The van der Waals surface area contributed by atoms with Crippen molar-refractivity contribution in [1.82, 2.24) is 4.98 Å². The normalized spacial score (nSPS) is 14.3. The van der Waals surface area contributed by atoms with Gasteiger partial charge >= 0.3 is 0 Å². The standard InChI is InChI=1S/C24H31NSi/c1-17-15-25-23(14-20(17)16-26(5,6)7)19-12-18-10-8-9-11-21(18)22(13-19)24(2,3)4/h8-15H,16H2,1-7H3/i16D2. The molecule has 0 atom stereocenters. The van der Waals surface area contributed by atoms with Gasteiger partial charge in [-0.2, -0.15) is 0 Å². The van der Waals surface area contributed by atoms with E-state index < -0.39 is 14.1 Å². The second-order valence-electron chi connectivity index (χ2n) is 9.25. The molecule has 0 fully saturated rings. The van der Waals surface area contributed by atoms with Crippen molar-refractivity contribution in [3.05, 3.63) is 65.4 Å². The summed E-state index contributed by atoms with van der Waals surface area (Å²) in [5.74, 6) is -1.31. The highest BCUT2D eigenvalue weighted by atomic mass is 28.3. The molecule has 0 N–H and O–H groups in total. The average molecular weight is 364 g/mol. The van der Waals surface area contributed by atoms with Crippen LogP contribution in [-0.4, -0.2) is 13.1 Å². The van der Waals surface area contributed by atoms with Gasteiger partial charge in [-0.15, -0.1) is 0 Å². The largest absolute Gasteiger partial charge is 0.256 e. The van der Waals surface area contributed by atoms with Gasteiger partial charge in [-0.3, -0.25) is 4.98 Å². The van der Waals surface area contributed by atoms with Gasteiger partial charge in [0.05, 0.1) is 5.69 Å². The summed E-state index contributed by atoms with van der Waals surface area (Å²) >= 11 is 0. The minimum atomic E-state index is -2.06. The fourth-order valence-electron chi connectivity index (χ4n) is 3.30. The highest BCUT2D eigenvalue weighted by Gasteiger charge is 2.20. The summed E-state index contributed by atoms with van der Waals surface area (Å²) in [6.45, 7) is 14.9. The monoisotopic (exact) mass is 363 g/mol. The lowest BCUT2D eigenvalue weighted by Crippen LogP contribution is -2.24. The van der Waals surface area contributed by atoms with Crippen LogP contribution in [0.5, 0.6) is 0 Å². The van der Waals surface area contributed by atoms with E-state index in [-0.39, 0.29) is 5.41 Å². The van der Waals surface area contributed by atoms with E-state index in [0.717, 1.165) is 22.4 Å². The maximum absolute atomic E-state index is 8.79. The van der Waals surface area contributed by atoms with Crippen LogP contribution < -0.4 is 0 Å². The lowest BCUT2D eigenvalue weighted by atomic mass is 9.82. The molecule has 2 aromatic carbocycles. The molecule has 3 rings (SSSR count). The highest BCUT2D eigenvalue weighted by Crippen LogP contribution is 2.34. The predicted octanol–water partition coefficient (Wildman–Crippen LogP) is 6.93. The Bertz CT molecular complexity index is 1030. The minimum absolute atomic E-state index is 0.00999. The second kappa shape index (κ2) is 6.66. The first-order chi connectivity index (χ1) is 12.8. The zero-order valence-electron chi connectivity index (χ0n) is 19.1. The molecule has 0 bridgehead atoms. The van der Waals surface area contributed by atoms with Crippen LogP contribution in [-0.2, 0) is 11.4 Å². The molecule has 26 heavy (non-hydrogen) atoms. The molecular formula is C24H31NSi. The van der Waals surface area contributed by atoms with E-state index in [4.69, 9.17) is 2.74 Å². The molecule has 0 unspecified atom stereocenters.